The summed E-state index contributed by atoms with van der Waals surface area (Å²) in [4.78, 5) is 6.81. The molecule has 0 atom stereocenters. The first-order valence-electron chi connectivity index (χ1n) is 6.22. The monoisotopic (exact) mass is 270 g/mol. The zero-order valence-corrected chi connectivity index (χ0v) is 12.1. The van der Waals surface area contributed by atoms with E-state index in [1.165, 1.54) is 5.56 Å². The van der Waals surface area contributed by atoms with E-state index >= 15 is 0 Å². The predicted octanol–water partition coefficient (Wildman–Crippen LogP) is 4.04. The molecule has 0 aliphatic carbocycles. The molecule has 0 unspecified atom stereocenters. The lowest BCUT2D eigenvalue weighted by atomic mass is 10.2. The van der Waals surface area contributed by atoms with Crippen molar-refractivity contribution in [2.75, 3.05) is 18.2 Å². The van der Waals surface area contributed by atoms with Crippen molar-refractivity contribution in [3.05, 3.63) is 66.2 Å². The summed E-state index contributed by atoms with van der Waals surface area (Å²) in [5, 5.41) is 1.02. The normalized spacial score (nSPS) is 11.4. The summed E-state index contributed by atoms with van der Waals surface area (Å²) in [6, 6.07) is 20.6. The molecule has 3 heteroatoms. The van der Waals surface area contributed by atoms with Gasteiger partial charge in [-0.05, 0) is 24.0 Å². The maximum absolute atomic E-state index is 4.69. The van der Waals surface area contributed by atoms with Crippen molar-refractivity contribution in [1.29, 1.82) is 0 Å². The van der Waals surface area contributed by atoms with Gasteiger partial charge in [-0.1, -0.05) is 60.3 Å². The molecule has 0 radical (unpaired) electrons. The van der Waals surface area contributed by atoms with Crippen LogP contribution in [-0.4, -0.2) is 18.5 Å². The van der Waals surface area contributed by atoms with Gasteiger partial charge in [0, 0.05) is 12.7 Å². The van der Waals surface area contributed by atoms with Gasteiger partial charge in [-0.2, -0.15) is 0 Å². The smallest absolute Gasteiger partial charge is 0.163 e. The maximum Gasteiger partial charge on any atom is 0.163 e. The van der Waals surface area contributed by atoms with E-state index < -0.39 is 0 Å². The van der Waals surface area contributed by atoms with Gasteiger partial charge in [0.05, 0.1) is 6.54 Å². The van der Waals surface area contributed by atoms with Crippen LogP contribution in [0.3, 0.4) is 0 Å². The first-order chi connectivity index (χ1) is 9.31. The molecule has 0 fully saturated rings. The molecule has 0 aromatic heterocycles. The number of para-hydroxylation sites is 1. The summed E-state index contributed by atoms with van der Waals surface area (Å²) in [5.74, 6) is 0. The number of aliphatic imine (C=N–C) groups is 1. The fourth-order valence-corrected chi connectivity index (χ4v) is 2.38. The number of amidine groups is 1. The third-order valence-corrected chi connectivity index (χ3v) is 3.62. The first kappa shape index (κ1) is 13.7. The molecule has 19 heavy (non-hydrogen) atoms. The van der Waals surface area contributed by atoms with Crippen LogP contribution in [0.4, 0.5) is 5.69 Å². The molecular formula is C16H18N2S. The molecule has 0 N–H and O–H groups in total. The van der Waals surface area contributed by atoms with E-state index in [1.807, 2.05) is 36.4 Å². The highest BCUT2D eigenvalue weighted by Gasteiger charge is 2.06. The summed E-state index contributed by atoms with van der Waals surface area (Å²) in [5.41, 5.74) is 2.39. The van der Waals surface area contributed by atoms with Crippen LogP contribution in [-0.2, 0) is 6.54 Å². The van der Waals surface area contributed by atoms with E-state index in [4.69, 9.17) is 4.99 Å². The van der Waals surface area contributed by atoms with Gasteiger partial charge < -0.3 is 4.90 Å². The number of anilines is 1. The van der Waals surface area contributed by atoms with Crippen molar-refractivity contribution in [2.45, 2.75) is 6.54 Å². The van der Waals surface area contributed by atoms with Crippen LogP contribution in [0.25, 0.3) is 0 Å². The van der Waals surface area contributed by atoms with E-state index in [2.05, 4.69) is 42.5 Å². The van der Waals surface area contributed by atoms with Gasteiger partial charge in [-0.25, -0.2) is 0 Å². The Morgan fingerprint density at radius 3 is 2.16 bits per heavy atom. The second kappa shape index (κ2) is 7.00. The Morgan fingerprint density at radius 2 is 1.58 bits per heavy atom. The van der Waals surface area contributed by atoms with Crippen LogP contribution in [0.2, 0.25) is 0 Å². The zero-order valence-electron chi connectivity index (χ0n) is 11.3. The van der Waals surface area contributed by atoms with Crippen molar-refractivity contribution in [3.8, 4) is 0 Å². The average molecular weight is 270 g/mol. The molecular weight excluding hydrogens is 252 g/mol. The fraction of sp³-hybridized carbons (Fsp3) is 0.188. The largest absolute Gasteiger partial charge is 0.324 e. The van der Waals surface area contributed by atoms with Crippen LogP contribution < -0.4 is 4.90 Å². The van der Waals surface area contributed by atoms with Crippen molar-refractivity contribution < 1.29 is 0 Å². The quantitative estimate of drug-likeness (QED) is 0.618. The molecule has 2 nitrogen and oxygen atoms in total. The number of nitrogens with zero attached hydrogens (tertiary/aromatic N) is 2. The SMILES string of the molecule is CSC(=NCc1ccccc1)N(C)c1ccccc1. The van der Waals surface area contributed by atoms with Crippen molar-refractivity contribution in [3.63, 3.8) is 0 Å². The minimum atomic E-state index is 0.716. The highest BCUT2D eigenvalue weighted by molar-refractivity contribution is 8.13. The highest BCUT2D eigenvalue weighted by Crippen LogP contribution is 2.16. The molecule has 2 aromatic rings. The van der Waals surface area contributed by atoms with Crippen LogP contribution in [0, 0.1) is 0 Å². The molecule has 0 bridgehead atoms. The molecule has 0 aliphatic heterocycles. The predicted molar refractivity (Wildman–Crippen MR) is 85.9 cm³/mol. The number of hydrogen-bond acceptors (Lipinski definition) is 2. The average Bonchev–Trinajstić information content (AvgIpc) is 2.49. The lowest BCUT2D eigenvalue weighted by Gasteiger charge is -2.19. The van der Waals surface area contributed by atoms with Gasteiger partial charge in [0.15, 0.2) is 5.17 Å². The van der Waals surface area contributed by atoms with Crippen molar-refractivity contribution >= 4 is 22.6 Å². The lowest BCUT2D eigenvalue weighted by Crippen LogP contribution is -2.23. The van der Waals surface area contributed by atoms with E-state index in [9.17, 15) is 0 Å². The van der Waals surface area contributed by atoms with Gasteiger partial charge >= 0.3 is 0 Å². The standard InChI is InChI=1S/C16H18N2S/c1-18(15-11-7-4-8-12-15)16(19-2)17-13-14-9-5-3-6-10-14/h3-12H,13H2,1-2H3. The molecule has 0 saturated heterocycles. The van der Waals surface area contributed by atoms with E-state index in [1.54, 1.807) is 11.8 Å². The molecule has 98 valence electrons. The van der Waals surface area contributed by atoms with Crippen molar-refractivity contribution in [1.82, 2.24) is 0 Å². The molecule has 0 amide bonds. The fourth-order valence-electron chi connectivity index (χ4n) is 1.81. The van der Waals surface area contributed by atoms with E-state index in [0.29, 0.717) is 6.54 Å². The topological polar surface area (TPSA) is 15.6 Å². The van der Waals surface area contributed by atoms with Crippen LogP contribution >= 0.6 is 11.8 Å². The molecule has 0 heterocycles. The molecule has 2 aromatic carbocycles. The van der Waals surface area contributed by atoms with Gasteiger partial charge in [0.25, 0.3) is 0 Å². The Kier molecular flexibility index (Phi) is 5.04. The Hall–Kier alpha value is -1.74. The maximum atomic E-state index is 4.69. The Morgan fingerprint density at radius 1 is 1.00 bits per heavy atom. The van der Waals surface area contributed by atoms with E-state index in [-0.39, 0.29) is 0 Å². The zero-order chi connectivity index (χ0) is 13.5. The summed E-state index contributed by atoms with van der Waals surface area (Å²) in [6.07, 6.45) is 2.06. The summed E-state index contributed by atoms with van der Waals surface area (Å²) >= 11 is 1.67. The molecule has 0 saturated carbocycles. The number of thioether (sulfide) groups is 1. The van der Waals surface area contributed by atoms with Crippen LogP contribution in [0.15, 0.2) is 65.7 Å². The van der Waals surface area contributed by atoms with Gasteiger partial charge in [-0.15, -0.1) is 0 Å². The third-order valence-electron chi connectivity index (χ3n) is 2.85. The number of rotatable bonds is 3. The van der Waals surface area contributed by atoms with Gasteiger partial charge in [-0.3, -0.25) is 4.99 Å². The van der Waals surface area contributed by atoms with E-state index in [0.717, 1.165) is 10.9 Å². The molecule has 2 rings (SSSR count). The second-order valence-electron chi connectivity index (χ2n) is 4.18. The van der Waals surface area contributed by atoms with Crippen molar-refractivity contribution in [2.24, 2.45) is 4.99 Å². The number of benzene rings is 2. The molecule has 0 spiro atoms. The van der Waals surface area contributed by atoms with Crippen LogP contribution in [0.1, 0.15) is 5.56 Å². The van der Waals surface area contributed by atoms with Gasteiger partial charge in [0.2, 0.25) is 0 Å². The first-order valence-corrected chi connectivity index (χ1v) is 7.45. The summed E-state index contributed by atoms with van der Waals surface area (Å²) in [6.45, 7) is 0.716. The molecule has 0 aliphatic rings. The highest BCUT2D eigenvalue weighted by atomic mass is 32.2. The minimum Gasteiger partial charge on any atom is -0.324 e. The number of hydrogen-bond donors (Lipinski definition) is 0. The second-order valence-corrected chi connectivity index (χ2v) is 4.96. The Balaban J connectivity index is 2.11. The Bertz CT molecular complexity index is 523. The minimum absolute atomic E-state index is 0.716. The summed E-state index contributed by atoms with van der Waals surface area (Å²) in [7, 11) is 2.05. The van der Waals surface area contributed by atoms with Gasteiger partial charge in [0.1, 0.15) is 0 Å². The lowest BCUT2D eigenvalue weighted by molar-refractivity contribution is 1.06. The third kappa shape index (κ3) is 3.86. The van der Waals surface area contributed by atoms with Crippen LogP contribution in [0.5, 0.6) is 0 Å². The summed E-state index contributed by atoms with van der Waals surface area (Å²) < 4.78 is 0. The Labute approximate surface area is 119 Å².